The first-order valence-electron chi connectivity index (χ1n) is 9.57. The number of hydrogen-bond acceptors (Lipinski definition) is 4. The standard InChI is InChI=1S/C21H21N5OS/c27-21(23-10-16-4-7-20-22-8-9-25(20)12-16)19-6-5-18(28-19)17-11-24-26(14-17)13-15-2-1-3-15/h4-9,11-12,14-15H,1-3,10,13H2,(H,23,27). The molecule has 1 N–H and O–H groups in total. The highest BCUT2D eigenvalue weighted by Gasteiger charge is 2.18. The molecule has 0 atom stereocenters. The molecule has 0 bridgehead atoms. The zero-order chi connectivity index (χ0) is 18.9. The van der Waals surface area contributed by atoms with Crippen molar-refractivity contribution < 1.29 is 4.79 Å². The number of aromatic nitrogens is 4. The van der Waals surface area contributed by atoms with Gasteiger partial charge in [-0.25, -0.2) is 4.98 Å². The topological polar surface area (TPSA) is 64.2 Å². The van der Waals surface area contributed by atoms with Crippen molar-refractivity contribution in [3.05, 3.63) is 65.7 Å². The van der Waals surface area contributed by atoms with E-state index < -0.39 is 0 Å². The molecule has 6 nitrogen and oxygen atoms in total. The molecular formula is C21H21N5OS. The molecule has 4 aromatic rings. The highest BCUT2D eigenvalue weighted by molar-refractivity contribution is 7.17. The van der Waals surface area contributed by atoms with Gasteiger partial charge < -0.3 is 9.72 Å². The third-order valence-electron chi connectivity index (χ3n) is 5.32. The first-order valence-corrected chi connectivity index (χ1v) is 10.4. The Morgan fingerprint density at radius 2 is 2.14 bits per heavy atom. The Morgan fingerprint density at radius 3 is 3.00 bits per heavy atom. The molecule has 142 valence electrons. The molecule has 0 unspecified atom stereocenters. The predicted molar refractivity (Wildman–Crippen MR) is 109 cm³/mol. The zero-order valence-electron chi connectivity index (χ0n) is 15.4. The van der Waals surface area contributed by atoms with Gasteiger partial charge in [0.1, 0.15) is 5.65 Å². The van der Waals surface area contributed by atoms with E-state index in [1.807, 2.05) is 51.9 Å². The number of amides is 1. The second-order valence-corrected chi connectivity index (χ2v) is 8.41. The van der Waals surface area contributed by atoms with Gasteiger partial charge in [-0.05, 0) is 42.5 Å². The van der Waals surface area contributed by atoms with Crippen molar-refractivity contribution in [1.29, 1.82) is 0 Å². The molecule has 4 aromatic heterocycles. The fourth-order valence-electron chi connectivity index (χ4n) is 3.49. The Kier molecular flexibility index (Phi) is 4.44. The summed E-state index contributed by atoms with van der Waals surface area (Å²) < 4.78 is 3.98. The van der Waals surface area contributed by atoms with Crippen molar-refractivity contribution in [2.75, 3.05) is 0 Å². The number of imidazole rings is 1. The molecule has 1 aliphatic carbocycles. The molecule has 1 aliphatic rings. The minimum Gasteiger partial charge on any atom is -0.347 e. The van der Waals surface area contributed by atoms with Crippen LogP contribution in [0, 0.1) is 5.92 Å². The third kappa shape index (κ3) is 3.45. The number of hydrogen-bond donors (Lipinski definition) is 1. The minimum absolute atomic E-state index is 0.0520. The first-order chi connectivity index (χ1) is 13.7. The Bertz CT molecular complexity index is 1120. The van der Waals surface area contributed by atoms with Crippen molar-refractivity contribution in [1.82, 2.24) is 24.5 Å². The van der Waals surface area contributed by atoms with Gasteiger partial charge in [0.05, 0.1) is 11.1 Å². The number of thiophene rings is 1. The van der Waals surface area contributed by atoms with Gasteiger partial charge in [0, 0.05) is 48.3 Å². The van der Waals surface area contributed by atoms with Gasteiger partial charge in [-0.2, -0.15) is 5.10 Å². The van der Waals surface area contributed by atoms with Crippen LogP contribution >= 0.6 is 11.3 Å². The number of nitrogens with one attached hydrogen (secondary N) is 1. The van der Waals surface area contributed by atoms with Gasteiger partial charge in [-0.15, -0.1) is 11.3 Å². The molecular weight excluding hydrogens is 370 g/mol. The van der Waals surface area contributed by atoms with E-state index in [1.165, 1.54) is 30.6 Å². The van der Waals surface area contributed by atoms with Crippen LogP contribution in [0.15, 0.2) is 55.2 Å². The second kappa shape index (κ2) is 7.24. The molecule has 1 fully saturated rings. The fraction of sp³-hybridized carbons (Fsp3) is 0.286. The number of carbonyl (C=O) groups is 1. The average Bonchev–Trinajstić information content (AvgIpc) is 3.42. The van der Waals surface area contributed by atoms with Crippen molar-refractivity contribution in [3.8, 4) is 10.4 Å². The summed E-state index contributed by atoms with van der Waals surface area (Å²) in [4.78, 5) is 18.6. The summed E-state index contributed by atoms with van der Waals surface area (Å²) in [7, 11) is 0. The minimum atomic E-state index is -0.0520. The summed E-state index contributed by atoms with van der Waals surface area (Å²) in [5, 5.41) is 7.48. The van der Waals surface area contributed by atoms with Crippen LogP contribution in [-0.2, 0) is 13.1 Å². The van der Waals surface area contributed by atoms with E-state index in [1.54, 1.807) is 6.20 Å². The molecule has 0 saturated heterocycles. The van der Waals surface area contributed by atoms with Crippen LogP contribution in [0.4, 0.5) is 0 Å². The van der Waals surface area contributed by atoms with Crippen LogP contribution in [0.1, 0.15) is 34.5 Å². The predicted octanol–water partition coefficient (Wildman–Crippen LogP) is 3.99. The van der Waals surface area contributed by atoms with Crippen LogP contribution in [0.2, 0.25) is 0 Å². The lowest BCUT2D eigenvalue weighted by Crippen LogP contribution is -2.21. The van der Waals surface area contributed by atoms with Crippen LogP contribution < -0.4 is 5.32 Å². The summed E-state index contributed by atoms with van der Waals surface area (Å²) in [5.41, 5.74) is 3.01. The smallest absolute Gasteiger partial charge is 0.261 e. The molecule has 0 aliphatic heterocycles. The molecule has 0 radical (unpaired) electrons. The second-order valence-electron chi connectivity index (χ2n) is 7.32. The Balaban J connectivity index is 1.23. The lowest BCUT2D eigenvalue weighted by atomic mass is 9.85. The maximum atomic E-state index is 12.5. The maximum Gasteiger partial charge on any atom is 0.261 e. The number of carbonyl (C=O) groups excluding carboxylic acids is 1. The number of pyridine rings is 1. The summed E-state index contributed by atoms with van der Waals surface area (Å²) in [5.74, 6) is 0.725. The van der Waals surface area contributed by atoms with E-state index in [9.17, 15) is 4.79 Å². The van der Waals surface area contributed by atoms with Gasteiger partial charge >= 0.3 is 0 Å². The largest absolute Gasteiger partial charge is 0.347 e. The Labute approximate surface area is 166 Å². The van der Waals surface area contributed by atoms with Crippen molar-refractivity contribution in [3.63, 3.8) is 0 Å². The third-order valence-corrected chi connectivity index (χ3v) is 6.45. The van der Waals surface area contributed by atoms with E-state index in [0.717, 1.165) is 34.1 Å². The SMILES string of the molecule is O=C(NCc1ccc2nccn2c1)c1ccc(-c2cnn(CC3CCC3)c2)s1. The first kappa shape index (κ1) is 17.2. The highest BCUT2D eigenvalue weighted by atomic mass is 32.1. The molecule has 1 saturated carbocycles. The fourth-order valence-corrected chi connectivity index (χ4v) is 4.38. The molecule has 28 heavy (non-hydrogen) atoms. The molecule has 7 heteroatoms. The quantitative estimate of drug-likeness (QED) is 0.540. The zero-order valence-corrected chi connectivity index (χ0v) is 16.2. The number of fused-ring (bicyclic) bond motifs is 1. The normalized spacial score (nSPS) is 14.3. The number of rotatable bonds is 6. The average molecular weight is 392 g/mol. The number of nitrogens with zero attached hydrogens (tertiary/aromatic N) is 4. The van der Waals surface area contributed by atoms with E-state index in [-0.39, 0.29) is 5.91 Å². The Hall–Kier alpha value is -2.93. The van der Waals surface area contributed by atoms with E-state index in [0.29, 0.717) is 11.4 Å². The lowest BCUT2D eigenvalue weighted by molar-refractivity contribution is 0.0955. The van der Waals surface area contributed by atoms with Crippen LogP contribution in [0.5, 0.6) is 0 Å². The van der Waals surface area contributed by atoms with E-state index in [4.69, 9.17) is 0 Å². The Morgan fingerprint density at radius 1 is 1.21 bits per heavy atom. The van der Waals surface area contributed by atoms with Crippen molar-refractivity contribution in [2.45, 2.75) is 32.4 Å². The lowest BCUT2D eigenvalue weighted by Gasteiger charge is -2.24. The monoisotopic (exact) mass is 391 g/mol. The molecule has 1 amide bonds. The van der Waals surface area contributed by atoms with Gasteiger partial charge in [0.25, 0.3) is 5.91 Å². The summed E-state index contributed by atoms with van der Waals surface area (Å²) >= 11 is 1.50. The van der Waals surface area contributed by atoms with Gasteiger partial charge in [-0.1, -0.05) is 12.5 Å². The van der Waals surface area contributed by atoms with Crippen LogP contribution in [-0.4, -0.2) is 25.1 Å². The highest BCUT2D eigenvalue weighted by Crippen LogP contribution is 2.30. The summed E-state index contributed by atoms with van der Waals surface area (Å²) in [6.45, 7) is 1.49. The maximum absolute atomic E-state index is 12.5. The molecule has 0 spiro atoms. The van der Waals surface area contributed by atoms with Crippen LogP contribution in [0.25, 0.3) is 16.1 Å². The van der Waals surface area contributed by atoms with Gasteiger partial charge in [0.15, 0.2) is 0 Å². The summed E-state index contributed by atoms with van der Waals surface area (Å²) in [6.07, 6.45) is 13.6. The molecule has 0 aromatic carbocycles. The molecule has 4 heterocycles. The molecule has 5 rings (SSSR count). The van der Waals surface area contributed by atoms with Crippen molar-refractivity contribution in [2.24, 2.45) is 5.92 Å². The van der Waals surface area contributed by atoms with Gasteiger partial charge in [-0.3, -0.25) is 9.48 Å². The van der Waals surface area contributed by atoms with E-state index >= 15 is 0 Å². The van der Waals surface area contributed by atoms with E-state index in [2.05, 4.69) is 21.6 Å². The summed E-state index contributed by atoms with van der Waals surface area (Å²) in [6, 6.07) is 7.82. The van der Waals surface area contributed by atoms with Crippen LogP contribution in [0.3, 0.4) is 0 Å². The van der Waals surface area contributed by atoms with Crippen molar-refractivity contribution >= 4 is 22.9 Å². The van der Waals surface area contributed by atoms with Gasteiger partial charge in [0.2, 0.25) is 0 Å².